The Kier molecular flexibility index (Phi) is 6.69. The molecule has 1 fully saturated rings. The van der Waals surface area contributed by atoms with E-state index in [-0.39, 0.29) is 11.5 Å². The zero-order chi connectivity index (χ0) is 25.2. The highest BCUT2D eigenvalue weighted by molar-refractivity contribution is 7.14. The summed E-state index contributed by atoms with van der Waals surface area (Å²) in [5, 5.41) is 8.47. The van der Waals surface area contributed by atoms with Gasteiger partial charge in [0.2, 0.25) is 0 Å². The fourth-order valence-corrected chi connectivity index (χ4v) is 5.38. The summed E-state index contributed by atoms with van der Waals surface area (Å²) in [5.74, 6) is -0.820. The average Bonchev–Trinajstić information content (AvgIpc) is 3.36. The molecule has 0 radical (unpaired) electrons. The first-order valence-electron chi connectivity index (χ1n) is 11.9. The van der Waals surface area contributed by atoms with Crippen molar-refractivity contribution in [1.82, 2.24) is 20.3 Å². The Hall–Kier alpha value is -3.79. The Bertz CT molecular complexity index is 1460. The molecule has 2 aromatic carbocycles. The molecule has 0 unspecified atom stereocenters. The number of benzene rings is 2. The van der Waals surface area contributed by atoms with Crippen LogP contribution >= 0.6 is 11.3 Å². The van der Waals surface area contributed by atoms with Gasteiger partial charge < -0.3 is 20.5 Å². The summed E-state index contributed by atoms with van der Waals surface area (Å²) in [6.07, 6.45) is 5.82. The Labute approximate surface area is 211 Å². The molecule has 186 valence electrons. The summed E-state index contributed by atoms with van der Waals surface area (Å²) in [5.41, 5.74) is 3.60. The van der Waals surface area contributed by atoms with E-state index < -0.39 is 11.5 Å². The van der Waals surface area contributed by atoms with Gasteiger partial charge in [-0.3, -0.25) is 9.59 Å². The maximum absolute atomic E-state index is 13.3. The van der Waals surface area contributed by atoms with Gasteiger partial charge in [0.15, 0.2) is 10.8 Å². The molecule has 3 N–H and O–H groups in total. The first-order valence-corrected chi connectivity index (χ1v) is 12.8. The zero-order valence-electron chi connectivity index (χ0n) is 20.1. The van der Waals surface area contributed by atoms with Crippen LogP contribution in [-0.2, 0) is 0 Å². The van der Waals surface area contributed by atoms with Crippen molar-refractivity contribution in [1.29, 1.82) is 0 Å². The van der Waals surface area contributed by atoms with Crippen LogP contribution in [0.4, 0.5) is 20.9 Å². The predicted octanol–water partition coefficient (Wildman–Crippen LogP) is 5.06. The Morgan fingerprint density at radius 1 is 1.14 bits per heavy atom. The number of hydrogen-bond acceptors (Lipinski definition) is 7. The largest absolute Gasteiger partial charge is 0.370 e. The van der Waals surface area contributed by atoms with Gasteiger partial charge in [-0.25, -0.2) is 14.4 Å². The van der Waals surface area contributed by atoms with Gasteiger partial charge in [0.1, 0.15) is 5.82 Å². The van der Waals surface area contributed by atoms with Crippen LogP contribution in [0.1, 0.15) is 42.6 Å². The second-order valence-corrected chi connectivity index (χ2v) is 9.81. The van der Waals surface area contributed by atoms with Gasteiger partial charge in [-0.05, 0) is 49.2 Å². The molecular weight excluding hydrogens is 479 g/mol. The second-order valence-electron chi connectivity index (χ2n) is 8.95. The third kappa shape index (κ3) is 4.81. The first kappa shape index (κ1) is 23.9. The smallest absolute Gasteiger partial charge is 0.280 e. The van der Waals surface area contributed by atoms with E-state index >= 15 is 0 Å². The second kappa shape index (κ2) is 10.1. The molecule has 1 aliphatic rings. The van der Waals surface area contributed by atoms with Crippen molar-refractivity contribution in [3.8, 4) is 11.3 Å². The lowest BCUT2D eigenvalue weighted by Crippen LogP contribution is -2.34. The number of hydrogen-bond donors (Lipinski definition) is 3. The van der Waals surface area contributed by atoms with Crippen molar-refractivity contribution in [3.05, 3.63) is 63.6 Å². The Morgan fingerprint density at radius 3 is 2.61 bits per heavy atom. The van der Waals surface area contributed by atoms with Crippen LogP contribution in [0.3, 0.4) is 0 Å². The predicted molar refractivity (Wildman–Crippen MR) is 142 cm³/mol. The van der Waals surface area contributed by atoms with Gasteiger partial charge in [0.05, 0.1) is 28.1 Å². The average molecular weight is 507 g/mol. The van der Waals surface area contributed by atoms with Crippen molar-refractivity contribution < 1.29 is 9.18 Å². The third-order valence-electron chi connectivity index (χ3n) is 6.64. The number of aromatic amines is 1. The summed E-state index contributed by atoms with van der Waals surface area (Å²) < 4.78 is 13.3. The fraction of sp³-hybridized carbons (Fsp3) is 0.308. The van der Waals surface area contributed by atoms with Gasteiger partial charge in [-0.2, -0.15) is 0 Å². The molecule has 8 nitrogen and oxygen atoms in total. The molecular formula is C26H27FN6O2S. The number of H-pyrrole nitrogens is 1. The minimum Gasteiger partial charge on any atom is -0.370 e. The molecule has 1 amide bonds. The number of fused-ring (bicyclic) bond motifs is 1. The molecule has 10 heteroatoms. The molecule has 0 atom stereocenters. The summed E-state index contributed by atoms with van der Waals surface area (Å²) in [7, 11) is 3.54. The van der Waals surface area contributed by atoms with E-state index in [9.17, 15) is 14.0 Å². The number of anilines is 3. The SMILES string of the molecule is CNC(=O)c1nc2cc(N(C)C3CCCCC3)c(Nc3nc(-c4ccc(F)cc4)cs3)cc2[nH]c1=O. The van der Waals surface area contributed by atoms with Crippen molar-refractivity contribution in [2.45, 2.75) is 38.1 Å². The van der Waals surface area contributed by atoms with E-state index in [4.69, 9.17) is 4.98 Å². The number of amides is 1. The van der Waals surface area contributed by atoms with Gasteiger partial charge in [0.25, 0.3) is 11.5 Å². The highest BCUT2D eigenvalue weighted by Crippen LogP contribution is 2.36. The van der Waals surface area contributed by atoms with Crippen molar-refractivity contribution in [2.75, 3.05) is 24.3 Å². The molecule has 0 aliphatic heterocycles. The summed E-state index contributed by atoms with van der Waals surface area (Å²) in [4.78, 5) is 38.8. The van der Waals surface area contributed by atoms with Gasteiger partial charge in [-0.15, -0.1) is 11.3 Å². The molecule has 1 aliphatic carbocycles. The molecule has 5 rings (SSSR count). The van der Waals surface area contributed by atoms with Crippen LogP contribution < -0.4 is 21.1 Å². The Morgan fingerprint density at radius 2 is 1.89 bits per heavy atom. The fourth-order valence-electron chi connectivity index (χ4n) is 4.65. The molecule has 0 spiro atoms. The lowest BCUT2D eigenvalue weighted by Gasteiger charge is -2.34. The minimum absolute atomic E-state index is 0.166. The number of rotatable bonds is 6. The van der Waals surface area contributed by atoms with Crippen molar-refractivity contribution in [3.63, 3.8) is 0 Å². The molecule has 36 heavy (non-hydrogen) atoms. The van der Waals surface area contributed by atoms with Crippen LogP contribution in [0.25, 0.3) is 22.3 Å². The number of nitrogens with zero attached hydrogens (tertiary/aromatic N) is 3. The normalized spacial score (nSPS) is 14.1. The number of carbonyl (C=O) groups is 1. The van der Waals surface area contributed by atoms with Crippen molar-refractivity contribution in [2.24, 2.45) is 0 Å². The monoisotopic (exact) mass is 506 g/mol. The lowest BCUT2D eigenvalue weighted by molar-refractivity contribution is 0.0957. The van der Waals surface area contributed by atoms with Crippen LogP contribution in [0.5, 0.6) is 0 Å². The number of halogens is 1. The molecule has 0 bridgehead atoms. The van der Waals surface area contributed by atoms with E-state index in [1.807, 2.05) is 17.5 Å². The highest BCUT2D eigenvalue weighted by Gasteiger charge is 2.22. The quantitative estimate of drug-likeness (QED) is 0.338. The molecule has 2 aromatic heterocycles. The summed E-state index contributed by atoms with van der Waals surface area (Å²) in [6, 6.07) is 10.4. The topological polar surface area (TPSA) is 103 Å². The van der Waals surface area contributed by atoms with E-state index in [0.29, 0.717) is 22.2 Å². The lowest BCUT2D eigenvalue weighted by atomic mass is 9.94. The van der Waals surface area contributed by atoms with Crippen LogP contribution in [0.2, 0.25) is 0 Å². The Balaban J connectivity index is 1.55. The molecule has 4 aromatic rings. The number of nitrogens with one attached hydrogen (secondary N) is 3. The van der Waals surface area contributed by atoms with Gasteiger partial charge >= 0.3 is 0 Å². The summed E-state index contributed by atoms with van der Waals surface area (Å²) in [6.45, 7) is 0. The first-order chi connectivity index (χ1) is 17.4. The maximum atomic E-state index is 13.3. The van der Waals surface area contributed by atoms with Crippen LogP contribution in [0, 0.1) is 5.82 Å². The number of aromatic nitrogens is 3. The van der Waals surface area contributed by atoms with Crippen molar-refractivity contribution >= 4 is 44.8 Å². The standard InChI is InChI=1S/C26H27FN6O2S/c1-28-24(34)23-25(35)30-18-12-20(22(13-19(18)29-23)33(2)17-6-4-3-5-7-17)31-26-32-21(14-36-26)15-8-10-16(27)11-9-15/h8-14,17H,3-7H2,1-2H3,(H,28,34)(H,30,35)(H,31,32). The number of thiazole rings is 1. The van der Waals surface area contributed by atoms with E-state index in [2.05, 4.69) is 32.5 Å². The molecule has 0 saturated heterocycles. The van der Waals surface area contributed by atoms with Gasteiger partial charge in [-0.1, -0.05) is 19.3 Å². The maximum Gasteiger partial charge on any atom is 0.280 e. The molecule has 1 saturated carbocycles. The van der Waals surface area contributed by atoms with E-state index in [1.54, 1.807) is 12.1 Å². The van der Waals surface area contributed by atoms with Gasteiger partial charge in [0, 0.05) is 31.1 Å². The summed E-state index contributed by atoms with van der Waals surface area (Å²) >= 11 is 1.44. The third-order valence-corrected chi connectivity index (χ3v) is 7.40. The zero-order valence-corrected chi connectivity index (χ0v) is 20.9. The highest BCUT2D eigenvalue weighted by atomic mass is 32.1. The minimum atomic E-state index is -0.547. The molecule has 2 heterocycles. The van der Waals surface area contributed by atoms with E-state index in [0.717, 1.165) is 35.5 Å². The van der Waals surface area contributed by atoms with E-state index in [1.165, 1.54) is 49.8 Å². The van der Waals surface area contributed by atoms with Crippen LogP contribution in [0.15, 0.2) is 46.6 Å². The number of carbonyl (C=O) groups excluding carboxylic acids is 1. The van der Waals surface area contributed by atoms with Crippen LogP contribution in [-0.4, -0.2) is 41.0 Å².